The van der Waals surface area contributed by atoms with Crippen molar-refractivity contribution in [3.63, 3.8) is 0 Å². The summed E-state index contributed by atoms with van der Waals surface area (Å²) in [6.07, 6.45) is 11.6. The molecule has 0 bridgehead atoms. The van der Waals surface area contributed by atoms with Gasteiger partial charge in [0.2, 0.25) is 0 Å². The summed E-state index contributed by atoms with van der Waals surface area (Å²) < 4.78 is 17.3. The predicted octanol–water partition coefficient (Wildman–Crippen LogP) is 7.40. The predicted molar refractivity (Wildman–Crippen MR) is 142 cm³/mol. The Balaban J connectivity index is 1.51. The third-order valence-corrected chi connectivity index (χ3v) is 14.2. The molecule has 0 aromatic heterocycles. The Morgan fingerprint density at radius 2 is 1.63 bits per heavy atom. The van der Waals surface area contributed by atoms with E-state index in [1.807, 2.05) is 0 Å². The molecule has 5 fully saturated rings. The zero-order valence-electron chi connectivity index (χ0n) is 23.2. The van der Waals surface area contributed by atoms with Gasteiger partial charge in [-0.2, -0.15) is 0 Å². The Hall–Kier alpha value is -0.150. The van der Waals surface area contributed by atoms with Gasteiger partial charge in [-0.3, -0.25) is 4.57 Å². The second kappa shape index (κ2) is 8.42. The van der Waals surface area contributed by atoms with E-state index in [9.17, 15) is 14.6 Å². The molecule has 0 amide bonds. The molecular weight excluding hydrogens is 455 g/mol. The van der Waals surface area contributed by atoms with Crippen molar-refractivity contribution >= 4 is 8.25 Å². The van der Waals surface area contributed by atoms with Gasteiger partial charge < -0.3 is 14.5 Å². The van der Waals surface area contributed by atoms with E-state index in [1.54, 1.807) is 0 Å². The van der Waals surface area contributed by atoms with E-state index in [4.69, 9.17) is 4.52 Å². The topological polar surface area (TPSA) is 66.8 Å². The quantitative estimate of drug-likeness (QED) is 0.308. The summed E-state index contributed by atoms with van der Waals surface area (Å²) in [4.78, 5) is 9.57. The first-order valence-corrected chi connectivity index (χ1v) is 15.7. The Kier molecular flexibility index (Phi) is 6.37. The van der Waals surface area contributed by atoms with Crippen LogP contribution in [0.2, 0.25) is 0 Å². The Bertz CT molecular complexity index is 901. The zero-order valence-corrected chi connectivity index (χ0v) is 24.2. The van der Waals surface area contributed by atoms with Gasteiger partial charge >= 0.3 is 8.25 Å². The van der Waals surface area contributed by atoms with Crippen molar-refractivity contribution in [2.75, 3.05) is 6.61 Å². The van der Waals surface area contributed by atoms with Crippen LogP contribution in [-0.4, -0.2) is 22.7 Å². The summed E-state index contributed by atoms with van der Waals surface area (Å²) in [6, 6.07) is 0. The number of rotatable bonds is 4. The van der Waals surface area contributed by atoms with Gasteiger partial charge in [0.15, 0.2) is 0 Å². The summed E-state index contributed by atoms with van der Waals surface area (Å²) >= 11 is 0. The van der Waals surface area contributed by atoms with Crippen LogP contribution >= 0.6 is 8.25 Å². The fraction of sp³-hybridized carbons (Fsp3) is 0.933. The maximum Gasteiger partial charge on any atom is 0.316 e. The minimum Gasteiger partial charge on any atom is -0.396 e. The van der Waals surface area contributed by atoms with Gasteiger partial charge in [0.05, 0.1) is 6.10 Å². The molecule has 0 aliphatic heterocycles. The van der Waals surface area contributed by atoms with Crippen LogP contribution in [0.1, 0.15) is 106 Å². The molecule has 35 heavy (non-hydrogen) atoms. The molecule has 0 aromatic carbocycles. The second-order valence-electron chi connectivity index (χ2n) is 14.9. The molecule has 5 rings (SSSR count). The van der Waals surface area contributed by atoms with Gasteiger partial charge in [-0.1, -0.05) is 46.8 Å². The first-order chi connectivity index (χ1) is 16.3. The van der Waals surface area contributed by atoms with Crippen molar-refractivity contribution in [1.82, 2.24) is 0 Å². The van der Waals surface area contributed by atoms with Crippen LogP contribution in [0.3, 0.4) is 0 Å². The number of aliphatic hydroxyl groups excluding tert-OH is 1. The van der Waals surface area contributed by atoms with Crippen molar-refractivity contribution < 1.29 is 19.1 Å². The average Bonchev–Trinajstić information content (AvgIpc) is 3.16. The summed E-state index contributed by atoms with van der Waals surface area (Å²) in [7, 11) is -2.93. The van der Waals surface area contributed by atoms with Crippen LogP contribution in [0.4, 0.5) is 0 Å². The third-order valence-electron chi connectivity index (χ3n) is 13.7. The largest absolute Gasteiger partial charge is 0.396 e. The minimum atomic E-state index is -2.93. The second-order valence-corrected chi connectivity index (χ2v) is 15.7. The molecule has 200 valence electrons. The minimum absolute atomic E-state index is 0.0930. The highest BCUT2D eigenvalue weighted by molar-refractivity contribution is 7.32. The molecule has 0 aromatic rings. The monoisotopic (exact) mass is 506 g/mol. The highest BCUT2D eigenvalue weighted by atomic mass is 31.1. The highest BCUT2D eigenvalue weighted by Crippen LogP contribution is 2.77. The fourth-order valence-electron chi connectivity index (χ4n) is 11.9. The van der Waals surface area contributed by atoms with E-state index in [2.05, 4.69) is 48.1 Å². The van der Waals surface area contributed by atoms with Gasteiger partial charge in [0.1, 0.15) is 0 Å². The van der Waals surface area contributed by atoms with Crippen LogP contribution in [0.25, 0.3) is 0 Å². The molecular formula is C30H51O4P. The zero-order chi connectivity index (χ0) is 25.6. The molecule has 0 spiro atoms. The molecule has 11 atom stereocenters. The molecule has 0 radical (unpaired) electrons. The van der Waals surface area contributed by atoms with Crippen molar-refractivity contribution in [3.05, 3.63) is 12.2 Å². The highest BCUT2D eigenvalue weighted by Gasteiger charge is 2.70. The van der Waals surface area contributed by atoms with Crippen molar-refractivity contribution in [1.29, 1.82) is 0 Å². The van der Waals surface area contributed by atoms with E-state index in [1.165, 1.54) is 56.9 Å². The summed E-state index contributed by atoms with van der Waals surface area (Å²) in [5.41, 5.74) is 2.17. The van der Waals surface area contributed by atoms with E-state index < -0.39 is 8.25 Å². The molecule has 2 N–H and O–H groups in total. The number of hydrogen-bond acceptors (Lipinski definition) is 3. The lowest BCUT2D eigenvalue weighted by Gasteiger charge is -2.73. The lowest BCUT2D eigenvalue weighted by atomic mass is 9.32. The lowest BCUT2D eigenvalue weighted by molar-refractivity contribution is -0.247. The molecule has 1 unspecified atom stereocenters. The molecule has 5 aliphatic rings. The summed E-state index contributed by atoms with van der Waals surface area (Å²) in [6.45, 7) is 19.4. The molecule has 5 saturated carbocycles. The molecule has 0 saturated heterocycles. The molecule has 5 heteroatoms. The van der Waals surface area contributed by atoms with Gasteiger partial charge in [-0.25, -0.2) is 0 Å². The maximum absolute atomic E-state index is 11.6. The van der Waals surface area contributed by atoms with Crippen LogP contribution < -0.4 is 0 Å². The standard InChI is InChI=1S/C30H51O4P/c1-19(2)20-10-15-30(18-31)17-16-28(6)21(25(20)30)8-9-23-27(5)13-12-24(34-35(32)33)26(3,4)22(27)11-14-29(23,28)7/h20-25,31,35H,1,8-18H2,2-7H3,(H,32,33)/t20-,21+,22-,23+,24-,25+,27-,28+,29+,30+/m0/s1. The first-order valence-electron chi connectivity index (χ1n) is 14.4. The van der Waals surface area contributed by atoms with Crippen molar-refractivity contribution in [3.8, 4) is 0 Å². The van der Waals surface area contributed by atoms with E-state index in [-0.39, 0.29) is 22.3 Å². The van der Waals surface area contributed by atoms with Gasteiger partial charge in [0.25, 0.3) is 0 Å². The lowest BCUT2D eigenvalue weighted by Crippen LogP contribution is -2.66. The van der Waals surface area contributed by atoms with Crippen LogP contribution in [0, 0.1) is 56.7 Å². The molecule has 4 nitrogen and oxygen atoms in total. The van der Waals surface area contributed by atoms with Crippen LogP contribution in [0.5, 0.6) is 0 Å². The van der Waals surface area contributed by atoms with Crippen LogP contribution in [0.15, 0.2) is 12.2 Å². The smallest absolute Gasteiger partial charge is 0.316 e. The van der Waals surface area contributed by atoms with E-state index >= 15 is 0 Å². The van der Waals surface area contributed by atoms with E-state index in [0.29, 0.717) is 47.0 Å². The Labute approximate surface area is 214 Å². The number of hydrogen-bond donors (Lipinski definition) is 2. The number of fused-ring (bicyclic) bond motifs is 7. The first kappa shape index (κ1) is 26.5. The third kappa shape index (κ3) is 3.44. The van der Waals surface area contributed by atoms with Crippen molar-refractivity contribution in [2.45, 2.75) is 112 Å². The summed E-state index contributed by atoms with van der Waals surface area (Å²) in [5.74, 6) is 3.00. The van der Waals surface area contributed by atoms with Gasteiger partial charge in [0, 0.05) is 6.61 Å². The Morgan fingerprint density at radius 3 is 2.26 bits per heavy atom. The SMILES string of the molecule is C=C(C)[C@@H]1CC[C@]2(CO)CC[C@]3(C)[C@H](CC[C@@H]4[C@@]5(C)CC[C@H](O[PH](=O)O)C(C)(C)[C@@H]5CC[C@]43C)[C@@H]12. The Morgan fingerprint density at radius 1 is 0.914 bits per heavy atom. The number of allylic oxidation sites excluding steroid dienone is 1. The van der Waals surface area contributed by atoms with Gasteiger partial charge in [-0.05, 0) is 128 Å². The normalized spacial score (nSPS) is 53.6. The van der Waals surface area contributed by atoms with Crippen molar-refractivity contribution in [2.24, 2.45) is 56.7 Å². The maximum atomic E-state index is 11.6. The average molecular weight is 507 g/mol. The molecule has 5 aliphatic carbocycles. The number of aliphatic hydroxyl groups is 1. The van der Waals surface area contributed by atoms with Gasteiger partial charge in [-0.15, -0.1) is 0 Å². The molecule has 0 heterocycles. The fourth-order valence-corrected chi connectivity index (χ4v) is 12.5. The van der Waals surface area contributed by atoms with Crippen LogP contribution in [-0.2, 0) is 9.09 Å². The van der Waals surface area contributed by atoms with E-state index in [0.717, 1.165) is 12.8 Å². The summed E-state index contributed by atoms with van der Waals surface area (Å²) in [5, 5.41) is 10.7.